The molecule has 3 nitrogen and oxygen atoms in total. The molecule has 1 aliphatic carbocycles. The Kier molecular flexibility index (Phi) is 4.11. The van der Waals surface area contributed by atoms with Crippen molar-refractivity contribution in [2.45, 2.75) is 64.1 Å². The van der Waals surface area contributed by atoms with Crippen LogP contribution in [0.25, 0.3) is 0 Å². The van der Waals surface area contributed by atoms with E-state index in [2.05, 4.69) is 0 Å². The first-order chi connectivity index (χ1) is 8.05. The minimum absolute atomic E-state index is 0.124. The van der Waals surface area contributed by atoms with Crippen LogP contribution in [0, 0.1) is 5.41 Å². The van der Waals surface area contributed by atoms with Gasteiger partial charge in [-0.1, -0.05) is 26.7 Å². The monoisotopic (exact) mass is 242 g/mol. The van der Waals surface area contributed by atoms with E-state index in [9.17, 15) is 5.11 Å². The maximum absolute atomic E-state index is 9.22. The van der Waals surface area contributed by atoms with Crippen molar-refractivity contribution >= 4 is 0 Å². The largest absolute Gasteiger partial charge is 0.396 e. The van der Waals surface area contributed by atoms with E-state index in [1.165, 1.54) is 25.7 Å². The van der Waals surface area contributed by atoms with E-state index in [0.717, 1.165) is 19.4 Å². The summed E-state index contributed by atoms with van der Waals surface area (Å²) in [5.74, 6) is 0. The Bertz CT molecular complexity index is 244. The van der Waals surface area contributed by atoms with E-state index in [4.69, 9.17) is 9.47 Å². The van der Waals surface area contributed by atoms with Crippen molar-refractivity contribution in [3.63, 3.8) is 0 Å². The van der Waals surface area contributed by atoms with Crippen molar-refractivity contribution in [3.05, 3.63) is 0 Å². The van der Waals surface area contributed by atoms with E-state index in [0.29, 0.717) is 12.7 Å². The first kappa shape index (κ1) is 13.3. The first-order valence-electron chi connectivity index (χ1n) is 6.92. The summed E-state index contributed by atoms with van der Waals surface area (Å²) in [6.07, 6.45) is 7.39. The molecule has 1 N–H and O–H groups in total. The van der Waals surface area contributed by atoms with Crippen LogP contribution in [-0.2, 0) is 9.47 Å². The molecule has 1 saturated carbocycles. The van der Waals surface area contributed by atoms with Gasteiger partial charge >= 0.3 is 0 Å². The third-order valence-corrected chi connectivity index (χ3v) is 4.10. The molecule has 1 atom stereocenters. The smallest absolute Gasteiger partial charge is 0.0707 e. The van der Waals surface area contributed by atoms with E-state index < -0.39 is 0 Å². The Balaban J connectivity index is 1.81. The highest BCUT2D eigenvalue weighted by molar-refractivity contribution is 4.91. The van der Waals surface area contributed by atoms with Crippen LogP contribution in [0.5, 0.6) is 0 Å². The molecule has 0 radical (unpaired) electrons. The first-order valence-corrected chi connectivity index (χ1v) is 6.92. The molecule has 0 aromatic heterocycles. The van der Waals surface area contributed by atoms with Crippen LogP contribution in [0.2, 0.25) is 0 Å². The summed E-state index contributed by atoms with van der Waals surface area (Å²) < 4.78 is 12.0. The summed E-state index contributed by atoms with van der Waals surface area (Å²) in [7, 11) is 0. The number of aliphatic hydroxyl groups is 1. The number of aliphatic hydroxyl groups excluding tert-OH is 1. The zero-order valence-electron chi connectivity index (χ0n) is 11.2. The van der Waals surface area contributed by atoms with Gasteiger partial charge in [-0.25, -0.2) is 0 Å². The van der Waals surface area contributed by atoms with Crippen LogP contribution in [0.15, 0.2) is 0 Å². The highest BCUT2D eigenvalue weighted by Crippen LogP contribution is 2.40. The van der Waals surface area contributed by atoms with Crippen molar-refractivity contribution in [2.75, 3.05) is 19.8 Å². The van der Waals surface area contributed by atoms with Crippen molar-refractivity contribution in [1.29, 1.82) is 0 Å². The molecule has 1 saturated heterocycles. The fraction of sp³-hybridized carbons (Fsp3) is 1.00. The molecule has 100 valence electrons. The SMILES string of the molecule is CC(C)(CO)COC1CCOC2(CCCC2)C1. The van der Waals surface area contributed by atoms with Crippen LogP contribution >= 0.6 is 0 Å². The lowest BCUT2D eigenvalue weighted by molar-refractivity contribution is -0.140. The molecule has 0 bridgehead atoms. The van der Waals surface area contributed by atoms with Gasteiger partial charge in [-0.15, -0.1) is 0 Å². The lowest BCUT2D eigenvalue weighted by Gasteiger charge is -2.39. The standard InChI is InChI=1S/C14H26O3/c1-13(2,10-15)11-16-12-5-8-17-14(9-12)6-3-4-7-14/h12,15H,3-11H2,1-2H3. The van der Waals surface area contributed by atoms with Crippen molar-refractivity contribution in [2.24, 2.45) is 5.41 Å². The maximum atomic E-state index is 9.22. The van der Waals surface area contributed by atoms with Crippen LogP contribution < -0.4 is 0 Å². The zero-order chi connectivity index (χ0) is 12.4. The summed E-state index contributed by atoms with van der Waals surface area (Å²) in [6, 6.07) is 0. The normalized spacial score (nSPS) is 28.8. The van der Waals surface area contributed by atoms with Gasteiger partial charge in [-0.3, -0.25) is 0 Å². The molecule has 0 aromatic rings. The van der Waals surface area contributed by atoms with Gasteiger partial charge in [0.15, 0.2) is 0 Å². The highest BCUT2D eigenvalue weighted by atomic mass is 16.5. The second kappa shape index (κ2) is 5.25. The number of hydrogen-bond donors (Lipinski definition) is 1. The minimum Gasteiger partial charge on any atom is -0.396 e. The third kappa shape index (κ3) is 3.43. The van der Waals surface area contributed by atoms with E-state index >= 15 is 0 Å². The Morgan fingerprint density at radius 2 is 2.06 bits per heavy atom. The summed E-state index contributed by atoms with van der Waals surface area (Å²) in [4.78, 5) is 0. The lowest BCUT2D eigenvalue weighted by Crippen LogP contribution is -2.41. The van der Waals surface area contributed by atoms with E-state index in [1.54, 1.807) is 0 Å². The number of ether oxygens (including phenoxy) is 2. The minimum atomic E-state index is -0.124. The average Bonchev–Trinajstić information content (AvgIpc) is 2.75. The summed E-state index contributed by atoms with van der Waals surface area (Å²) in [5, 5.41) is 9.22. The third-order valence-electron chi connectivity index (χ3n) is 4.10. The van der Waals surface area contributed by atoms with E-state index in [-0.39, 0.29) is 17.6 Å². The van der Waals surface area contributed by atoms with Crippen LogP contribution in [-0.4, -0.2) is 36.6 Å². The van der Waals surface area contributed by atoms with Crippen molar-refractivity contribution in [1.82, 2.24) is 0 Å². The van der Waals surface area contributed by atoms with Gasteiger partial charge < -0.3 is 14.6 Å². The Morgan fingerprint density at radius 1 is 1.35 bits per heavy atom. The molecule has 1 heterocycles. The maximum Gasteiger partial charge on any atom is 0.0707 e. The summed E-state index contributed by atoms with van der Waals surface area (Å²) in [6.45, 7) is 5.74. The molecule has 0 aromatic carbocycles. The van der Waals surface area contributed by atoms with E-state index in [1.807, 2.05) is 13.8 Å². The quantitative estimate of drug-likeness (QED) is 0.823. The number of hydrogen-bond acceptors (Lipinski definition) is 3. The van der Waals surface area contributed by atoms with Gasteiger partial charge in [0.05, 0.1) is 24.9 Å². The molecule has 2 fully saturated rings. The lowest BCUT2D eigenvalue weighted by atomic mass is 9.90. The van der Waals surface area contributed by atoms with Gasteiger partial charge in [-0.2, -0.15) is 0 Å². The summed E-state index contributed by atoms with van der Waals surface area (Å²) >= 11 is 0. The molecule has 2 aliphatic rings. The molecule has 17 heavy (non-hydrogen) atoms. The van der Waals surface area contributed by atoms with Crippen molar-refractivity contribution < 1.29 is 14.6 Å². The second-order valence-corrected chi connectivity index (χ2v) is 6.49. The second-order valence-electron chi connectivity index (χ2n) is 6.49. The van der Waals surface area contributed by atoms with Gasteiger partial charge in [0, 0.05) is 18.4 Å². The molecular weight excluding hydrogens is 216 g/mol. The Labute approximate surface area is 104 Å². The average molecular weight is 242 g/mol. The molecule has 0 amide bonds. The van der Waals surface area contributed by atoms with Crippen molar-refractivity contribution in [3.8, 4) is 0 Å². The van der Waals surface area contributed by atoms with Gasteiger partial charge in [-0.05, 0) is 19.3 Å². The van der Waals surface area contributed by atoms with Crippen LogP contribution in [0.1, 0.15) is 52.4 Å². The van der Waals surface area contributed by atoms with Gasteiger partial charge in [0.25, 0.3) is 0 Å². The Morgan fingerprint density at radius 3 is 2.71 bits per heavy atom. The van der Waals surface area contributed by atoms with Gasteiger partial charge in [0.2, 0.25) is 0 Å². The predicted molar refractivity (Wildman–Crippen MR) is 67.0 cm³/mol. The topological polar surface area (TPSA) is 38.7 Å². The highest BCUT2D eigenvalue weighted by Gasteiger charge is 2.40. The number of rotatable bonds is 4. The molecular formula is C14H26O3. The molecule has 2 rings (SSSR count). The fourth-order valence-corrected chi connectivity index (χ4v) is 2.88. The predicted octanol–water partition coefficient (Wildman–Crippen LogP) is 2.51. The summed E-state index contributed by atoms with van der Waals surface area (Å²) in [5.41, 5.74) is 0.00736. The van der Waals surface area contributed by atoms with Crippen LogP contribution in [0.4, 0.5) is 0 Å². The molecule has 3 heteroatoms. The molecule has 1 unspecified atom stereocenters. The van der Waals surface area contributed by atoms with Gasteiger partial charge in [0.1, 0.15) is 0 Å². The van der Waals surface area contributed by atoms with Crippen LogP contribution in [0.3, 0.4) is 0 Å². The molecule has 1 spiro atoms. The zero-order valence-corrected chi connectivity index (χ0v) is 11.2. The molecule has 1 aliphatic heterocycles. The Hall–Kier alpha value is -0.120. The fourth-order valence-electron chi connectivity index (χ4n) is 2.88.